The molecular weight excluding hydrogens is 461 g/mol. The summed E-state index contributed by atoms with van der Waals surface area (Å²) in [5, 5.41) is 6.52. The third kappa shape index (κ3) is 7.80. The Morgan fingerprint density at radius 3 is 2.33 bits per heavy atom. The fourth-order valence-corrected chi connectivity index (χ4v) is 2.72. The molecule has 1 atom stereocenters. The van der Waals surface area contributed by atoms with Gasteiger partial charge in [0.2, 0.25) is 0 Å². The summed E-state index contributed by atoms with van der Waals surface area (Å²) in [5.41, 5.74) is 1.96. The van der Waals surface area contributed by atoms with E-state index < -0.39 is 0 Å². The first-order valence-electron chi connectivity index (χ1n) is 8.60. The van der Waals surface area contributed by atoms with E-state index in [0.717, 1.165) is 11.1 Å². The van der Waals surface area contributed by atoms with Gasteiger partial charge < -0.3 is 15.5 Å². The SMILES string of the molecule is CN=C(NCCc1cccc(F)c1)NCC(c1ccc(F)cc1)N(C)C.I. The van der Waals surface area contributed by atoms with Crippen LogP contribution in [0, 0.1) is 11.6 Å². The van der Waals surface area contributed by atoms with Crippen molar-refractivity contribution in [2.24, 2.45) is 4.99 Å². The summed E-state index contributed by atoms with van der Waals surface area (Å²) in [6.07, 6.45) is 0.702. The topological polar surface area (TPSA) is 39.7 Å². The Morgan fingerprint density at radius 2 is 1.74 bits per heavy atom. The number of likely N-dealkylation sites (N-methyl/N-ethyl adjacent to an activating group) is 1. The van der Waals surface area contributed by atoms with Gasteiger partial charge in [-0.2, -0.15) is 0 Å². The number of hydrogen-bond acceptors (Lipinski definition) is 2. The van der Waals surface area contributed by atoms with Crippen molar-refractivity contribution < 1.29 is 8.78 Å². The van der Waals surface area contributed by atoms with Gasteiger partial charge >= 0.3 is 0 Å². The molecule has 4 nitrogen and oxygen atoms in total. The summed E-state index contributed by atoms with van der Waals surface area (Å²) in [5.74, 6) is 0.211. The zero-order valence-electron chi connectivity index (χ0n) is 15.9. The van der Waals surface area contributed by atoms with Crippen LogP contribution in [-0.2, 0) is 6.42 Å². The number of nitrogens with zero attached hydrogens (tertiary/aromatic N) is 2. The third-order valence-corrected chi connectivity index (χ3v) is 4.16. The molecule has 2 rings (SSSR count). The largest absolute Gasteiger partial charge is 0.356 e. The van der Waals surface area contributed by atoms with Gasteiger partial charge in [-0.15, -0.1) is 24.0 Å². The van der Waals surface area contributed by atoms with Crippen LogP contribution in [0.1, 0.15) is 17.2 Å². The molecule has 0 aliphatic heterocycles. The van der Waals surface area contributed by atoms with Gasteiger partial charge in [0.15, 0.2) is 5.96 Å². The summed E-state index contributed by atoms with van der Waals surface area (Å²) in [6.45, 7) is 1.27. The Kier molecular flexibility index (Phi) is 10.2. The lowest BCUT2D eigenvalue weighted by Crippen LogP contribution is -2.42. The Bertz CT molecular complexity index is 720. The van der Waals surface area contributed by atoms with E-state index in [1.807, 2.05) is 20.2 Å². The second-order valence-corrected chi connectivity index (χ2v) is 6.29. The molecule has 7 heteroatoms. The fourth-order valence-electron chi connectivity index (χ4n) is 2.72. The molecular formula is C20H27F2IN4. The van der Waals surface area contributed by atoms with E-state index in [4.69, 9.17) is 0 Å². The minimum Gasteiger partial charge on any atom is -0.356 e. The standard InChI is InChI=1S/C20H26F2N4.HI/c1-23-20(24-12-11-15-5-4-6-18(22)13-15)25-14-19(26(2)3)16-7-9-17(21)10-8-16;/h4-10,13,19H,11-12,14H2,1-3H3,(H2,23,24,25);1H. The Balaban J connectivity index is 0.00000364. The van der Waals surface area contributed by atoms with E-state index in [-0.39, 0.29) is 41.7 Å². The molecule has 0 aliphatic carbocycles. The van der Waals surface area contributed by atoms with Crippen LogP contribution in [-0.4, -0.2) is 45.1 Å². The molecule has 0 saturated heterocycles. The van der Waals surface area contributed by atoms with Gasteiger partial charge in [-0.25, -0.2) is 8.78 Å². The van der Waals surface area contributed by atoms with Crippen molar-refractivity contribution in [1.29, 1.82) is 0 Å². The molecule has 2 N–H and O–H groups in total. The first-order valence-corrected chi connectivity index (χ1v) is 8.60. The lowest BCUT2D eigenvalue weighted by Gasteiger charge is -2.26. The predicted octanol–water partition coefficient (Wildman–Crippen LogP) is 3.59. The number of benzene rings is 2. The molecule has 27 heavy (non-hydrogen) atoms. The predicted molar refractivity (Wildman–Crippen MR) is 118 cm³/mol. The summed E-state index contributed by atoms with van der Waals surface area (Å²) in [7, 11) is 5.67. The van der Waals surface area contributed by atoms with Gasteiger partial charge in [-0.3, -0.25) is 4.99 Å². The molecule has 148 valence electrons. The molecule has 0 aliphatic rings. The number of aliphatic imine (C=N–C) groups is 1. The molecule has 0 heterocycles. The Hall–Kier alpha value is -1.74. The minimum absolute atomic E-state index is 0. The molecule has 0 spiro atoms. The lowest BCUT2D eigenvalue weighted by atomic mass is 10.1. The van der Waals surface area contributed by atoms with E-state index >= 15 is 0 Å². The molecule has 2 aromatic carbocycles. The zero-order valence-corrected chi connectivity index (χ0v) is 18.2. The van der Waals surface area contributed by atoms with Gasteiger partial charge in [0.25, 0.3) is 0 Å². The number of rotatable bonds is 7. The number of nitrogens with one attached hydrogen (secondary N) is 2. The first-order chi connectivity index (χ1) is 12.5. The fraction of sp³-hybridized carbons (Fsp3) is 0.350. The molecule has 0 bridgehead atoms. The van der Waals surface area contributed by atoms with E-state index in [1.54, 1.807) is 25.2 Å². The van der Waals surface area contributed by atoms with Crippen molar-refractivity contribution in [2.45, 2.75) is 12.5 Å². The highest BCUT2D eigenvalue weighted by Crippen LogP contribution is 2.17. The second kappa shape index (κ2) is 11.9. The average Bonchev–Trinajstić information content (AvgIpc) is 2.61. The number of guanidine groups is 1. The molecule has 0 aromatic heterocycles. The van der Waals surface area contributed by atoms with Crippen LogP contribution < -0.4 is 10.6 Å². The maximum absolute atomic E-state index is 13.2. The van der Waals surface area contributed by atoms with E-state index in [1.165, 1.54) is 24.3 Å². The van der Waals surface area contributed by atoms with Crippen LogP contribution in [0.25, 0.3) is 0 Å². The van der Waals surface area contributed by atoms with E-state index in [2.05, 4.69) is 20.5 Å². The minimum atomic E-state index is -0.242. The molecule has 0 amide bonds. The van der Waals surface area contributed by atoms with Crippen LogP contribution in [0.3, 0.4) is 0 Å². The van der Waals surface area contributed by atoms with Crippen molar-refractivity contribution >= 4 is 29.9 Å². The molecule has 0 fully saturated rings. The maximum atomic E-state index is 13.2. The zero-order chi connectivity index (χ0) is 18.9. The molecule has 2 aromatic rings. The third-order valence-electron chi connectivity index (χ3n) is 4.16. The number of halogens is 3. The van der Waals surface area contributed by atoms with Crippen LogP contribution in [0.5, 0.6) is 0 Å². The highest BCUT2D eigenvalue weighted by Gasteiger charge is 2.14. The lowest BCUT2D eigenvalue weighted by molar-refractivity contribution is 0.298. The molecule has 0 radical (unpaired) electrons. The Morgan fingerprint density at radius 1 is 1.04 bits per heavy atom. The average molecular weight is 488 g/mol. The summed E-state index contributed by atoms with van der Waals surface area (Å²) >= 11 is 0. The number of hydrogen-bond donors (Lipinski definition) is 2. The maximum Gasteiger partial charge on any atom is 0.191 e. The second-order valence-electron chi connectivity index (χ2n) is 6.29. The quantitative estimate of drug-likeness (QED) is 0.356. The smallest absolute Gasteiger partial charge is 0.191 e. The first kappa shape index (κ1) is 23.3. The van der Waals surface area contributed by atoms with Gasteiger partial charge in [0, 0.05) is 20.1 Å². The van der Waals surface area contributed by atoms with Crippen molar-refractivity contribution in [3.8, 4) is 0 Å². The normalized spacial score (nSPS) is 12.4. The van der Waals surface area contributed by atoms with Crippen LogP contribution in [0.15, 0.2) is 53.5 Å². The molecule has 0 saturated carbocycles. The summed E-state index contributed by atoms with van der Waals surface area (Å²) in [6, 6.07) is 13.2. The highest BCUT2D eigenvalue weighted by molar-refractivity contribution is 14.0. The van der Waals surface area contributed by atoms with Crippen LogP contribution >= 0.6 is 24.0 Å². The van der Waals surface area contributed by atoms with Gasteiger partial charge in [-0.05, 0) is 55.9 Å². The summed E-state index contributed by atoms with van der Waals surface area (Å²) < 4.78 is 26.3. The van der Waals surface area contributed by atoms with E-state index in [9.17, 15) is 8.78 Å². The van der Waals surface area contributed by atoms with Crippen LogP contribution in [0.2, 0.25) is 0 Å². The van der Waals surface area contributed by atoms with Gasteiger partial charge in [0.05, 0.1) is 6.04 Å². The molecule has 1 unspecified atom stereocenters. The van der Waals surface area contributed by atoms with Gasteiger partial charge in [-0.1, -0.05) is 24.3 Å². The van der Waals surface area contributed by atoms with Crippen molar-refractivity contribution in [3.63, 3.8) is 0 Å². The summed E-state index contributed by atoms with van der Waals surface area (Å²) in [4.78, 5) is 6.29. The van der Waals surface area contributed by atoms with Crippen molar-refractivity contribution in [1.82, 2.24) is 15.5 Å². The Labute approximate surface area is 177 Å². The van der Waals surface area contributed by atoms with Crippen molar-refractivity contribution in [3.05, 3.63) is 71.3 Å². The van der Waals surface area contributed by atoms with E-state index in [0.29, 0.717) is 25.5 Å². The van der Waals surface area contributed by atoms with Crippen molar-refractivity contribution in [2.75, 3.05) is 34.2 Å². The van der Waals surface area contributed by atoms with Crippen LogP contribution in [0.4, 0.5) is 8.78 Å². The monoisotopic (exact) mass is 488 g/mol. The van der Waals surface area contributed by atoms with Gasteiger partial charge in [0.1, 0.15) is 11.6 Å². The highest BCUT2D eigenvalue weighted by atomic mass is 127.